The predicted octanol–water partition coefficient (Wildman–Crippen LogP) is -0.178. The third-order valence-electron chi connectivity index (χ3n) is 4.54. The molecule has 2 aliphatic heterocycles. The Bertz CT molecular complexity index is 467. The summed E-state index contributed by atoms with van der Waals surface area (Å²) in [4.78, 5) is 30.9. The van der Waals surface area contributed by atoms with Crippen LogP contribution >= 0.6 is 24.0 Å². The van der Waals surface area contributed by atoms with E-state index >= 15 is 0 Å². The quantitative estimate of drug-likeness (QED) is 0.146. The standard InChI is InChI=1S/C16H30N6O3.HI/c1-17-15(18-6-10-22-14(23)12-19-16(22)24)20-13-4-8-21(9-5-13)7-3-11-25-2;/h13H,3-12H2,1-2H3,(H,19,24)(H2,17,18,20);1H. The van der Waals surface area contributed by atoms with Gasteiger partial charge in [-0.3, -0.25) is 14.7 Å². The summed E-state index contributed by atoms with van der Waals surface area (Å²) >= 11 is 0. The maximum Gasteiger partial charge on any atom is 0.324 e. The average Bonchev–Trinajstić information content (AvgIpc) is 2.94. The molecule has 10 heteroatoms. The molecule has 0 radical (unpaired) electrons. The molecule has 150 valence electrons. The molecule has 2 saturated heterocycles. The van der Waals surface area contributed by atoms with Crippen LogP contribution in [-0.4, -0.2) is 93.8 Å². The van der Waals surface area contributed by atoms with Gasteiger partial charge in [0.25, 0.3) is 0 Å². The number of methoxy groups -OCH3 is 1. The second kappa shape index (κ2) is 12.3. The van der Waals surface area contributed by atoms with E-state index < -0.39 is 0 Å². The highest BCUT2D eigenvalue weighted by Crippen LogP contribution is 2.10. The molecule has 3 N–H and O–H groups in total. The van der Waals surface area contributed by atoms with E-state index in [0.717, 1.165) is 45.5 Å². The Balaban J connectivity index is 0.00000338. The first kappa shape index (κ1) is 22.9. The summed E-state index contributed by atoms with van der Waals surface area (Å²) < 4.78 is 5.10. The van der Waals surface area contributed by atoms with Crippen LogP contribution in [0, 0.1) is 0 Å². The van der Waals surface area contributed by atoms with Crippen molar-refractivity contribution in [1.29, 1.82) is 0 Å². The minimum Gasteiger partial charge on any atom is -0.385 e. The third kappa shape index (κ3) is 7.23. The zero-order chi connectivity index (χ0) is 18.1. The molecule has 0 aromatic heterocycles. The lowest BCUT2D eigenvalue weighted by Crippen LogP contribution is -2.50. The van der Waals surface area contributed by atoms with Gasteiger partial charge in [-0.25, -0.2) is 4.79 Å². The van der Waals surface area contributed by atoms with E-state index in [1.165, 1.54) is 4.90 Å². The second-order valence-corrected chi connectivity index (χ2v) is 6.31. The maximum atomic E-state index is 11.5. The number of nitrogens with zero attached hydrogens (tertiary/aromatic N) is 3. The number of guanidine groups is 1. The zero-order valence-corrected chi connectivity index (χ0v) is 18.0. The van der Waals surface area contributed by atoms with Gasteiger partial charge in [0.15, 0.2) is 5.96 Å². The Morgan fingerprint density at radius 3 is 2.62 bits per heavy atom. The number of carbonyl (C=O) groups excluding carboxylic acids is 2. The first-order valence-corrected chi connectivity index (χ1v) is 8.90. The molecule has 3 amide bonds. The van der Waals surface area contributed by atoms with Crippen LogP contribution < -0.4 is 16.0 Å². The van der Waals surface area contributed by atoms with Crippen molar-refractivity contribution < 1.29 is 14.3 Å². The van der Waals surface area contributed by atoms with Crippen LogP contribution in [0.5, 0.6) is 0 Å². The summed E-state index contributed by atoms with van der Waals surface area (Å²) in [7, 11) is 3.46. The van der Waals surface area contributed by atoms with Crippen LogP contribution in [0.4, 0.5) is 4.79 Å². The molecule has 0 aromatic carbocycles. The van der Waals surface area contributed by atoms with E-state index in [0.29, 0.717) is 25.1 Å². The molecule has 2 heterocycles. The normalized spacial score (nSPS) is 19.3. The number of piperidine rings is 1. The van der Waals surface area contributed by atoms with Gasteiger partial charge in [-0.05, 0) is 19.3 Å². The Labute approximate surface area is 172 Å². The van der Waals surface area contributed by atoms with Gasteiger partial charge >= 0.3 is 6.03 Å². The number of hydrogen-bond acceptors (Lipinski definition) is 5. The van der Waals surface area contributed by atoms with Crippen LogP contribution in [0.25, 0.3) is 0 Å². The first-order chi connectivity index (χ1) is 12.1. The van der Waals surface area contributed by atoms with Crippen LogP contribution in [0.15, 0.2) is 4.99 Å². The number of imide groups is 1. The molecule has 0 unspecified atom stereocenters. The number of nitrogens with one attached hydrogen (secondary N) is 3. The summed E-state index contributed by atoms with van der Waals surface area (Å²) in [5.41, 5.74) is 0. The molecule has 9 nitrogen and oxygen atoms in total. The molecule has 2 fully saturated rings. The van der Waals surface area contributed by atoms with Gasteiger partial charge in [-0.2, -0.15) is 0 Å². The summed E-state index contributed by atoms with van der Waals surface area (Å²) in [6.07, 6.45) is 3.21. The number of ether oxygens (including phenoxy) is 1. The molecule has 2 aliphatic rings. The lowest BCUT2D eigenvalue weighted by Gasteiger charge is -2.33. The third-order valence-corrected chi connectivity index (χ3v) is 4.54. The van der Waals surface area contributed by atoms with E-state index in [4.69, 9.17) is 4.74 Å². The van der Waals surface area contributed by atoms with Crippen LogP contribution in [-0.2, 0) is 9.53 Å². The highest BCUT2D eigenvalue weighted by Gasteiger charge is 2.27. The van der Waals surface area contributed by atoms with E-state index in [-0.39, 0.29) is 42.5 Å². The van der Waals surface area contributed by atoms with Crippen molar-refractivity contribution in [2.45, 2.75) is 25.3 Å². The number of halogens is 1. The Kier molecular flexibility index (Phi) is 10.8. The first-order valence-electron chi connectivity index (χ1n) is 8.90. The molecule has 0 saturated carbocycles. The summed E-state index contributed by atoms with van der Waals surface area (Å²) in [5.74, 6) is 0.528. The highest BCUT2D eigenvalue weighted by atomic mass is 127. The Morgan fingerprint density at radius 2 is 2.04 bits per heavy atom. The van der Waals surface area contributed by atoms with Gasteiger partial charge in [0.2, 0.25) is 5.91 Å². The van der Waals surface area contributed by atoms with E-state index in [9.17, 15) is 9.59 Å². The number of rotatable bonds is 8. The number of likely N-dealkylation sites (tertiary alicyclic amines) is 1. The largest absolute Gasteiger partial charge is 0.385 e. The second-order valence-electron chi connectivity index (χ2n) is 6.31. The monoisotopic (exact) mass is 482 g/mol. The Hall–Kier alpha value is -1.14. The number of amides is 3. The van der Waals surface area contributed by atoms with Crippen LogP contribution in [0.2, 0.25) is 0 Å². The number of carbonyl (C=O) groups is 2. The molecule has 0 bridgehead atoms. The summed E-state index contributed by atoms with van der Waals surface area (Å²) in [6, 6.07) is 0.0668. The predicted molar refractivity (Wildman–Crippen MR) is 111 cm³/mol. The molecule has 2 rings (SSSR count). The van der Waals surface area contributed by atoms with Gasteiger partial charge in [0, 0.05) is 59.5 Å². The summed E-state index contributed by atoms with van der Waals surface area (Å²) in [5, 5.41) is 9.11. The van der Waals surface area contributed by atoms with E-state index in [1.54, 1.807) is 14.2 Å². The smallest absolute Gasteiger partial charge is 0.324 e. The van der Waals surface area contributed by atoms with Crippen molar-refractivity contribution in [2.75, 3.05) is 60.0 Å². The van der Waals surface area contributed by atoms with Gasteiger partial charge in [0.1, 0.15) is 0 Å². The lowest BCUT2D eigenvalue weighted by molar-refractivity contribution is -0.124. The van der Waals surface area contributed by atoms with Gasteiger partial charge in [0.05, 0.1) is 6.54 Å². The fourth-order valence-corrected chi connectivity index (χ4v) is 3.09. The van der Waals surface area contributed by atoms with E-state index in [2.05, 4.69) is 25.8 Å². The molecular weight excluding hydrogens is 451 g/mol. The van der Waals surface area contributed by atoms with E-state index in [1.807, 2.05) is 0 Å². The molecule has 0 aliphatic carbocycles. The lowest BCUT2D eigenvalue weighted by atomic mass is 10.1. The van der Waals surface area contributed by atoms with Crippen LogP contribution in [0.1, 0.15) is 19.3 Å². The highest BCUT2D eigenvalue weighted by molar-refractivity contribution is 14.0. The fraction of sp³-hybridized carbons (Fsp3) is 0.812. The van der Waals surface area contributed by atoms with Crippen LogP contribution in [0.3, 0.4) is 0 Å². The fourth-order valence-electron chi connectivity index (χ4n) is 3.09. The van der Waals surface area contributed by atoms with Gasteiger partial charge < -0.3 is 25.6 Å². The van der Waals surface area contributed by atoms with Crippen molar-refractivity contribution in [3.8, 4) is 0 Å². The minimum absolute atomic E-state index is 0. The van der Waals surface area contributed by atoms with Crippen molar-refractivity contribution >= 4 is 41.9 Å². The van der Waals surface area contributed by atoms with Crippen molar-refractivity contribution in [1.82, 2.24) is 25.8 Å². The number of urea groups is 1. The van der Waals surface area contributed by atoms with Crippen molar-refractivity contribution in [2.24, 2.45) is 4.99 Å². The van der Waals surface area contributed by atoms with Gasteiger partial charge in [-0.15, -0.1) is 24.0 Å². The molecule has 0 aromatic rings. The topological polar surface area (TPSA) is 98.3 Å². The van der Waals surface area contributed by atoms with Crippen molar-refractivity contribution in [3.05, 3.63) is 0 Å². The molecule has 26 heavy (non-hydrogen) atoms. The average molecular weight is 482 g/mol. The zero-order valence-electron chi connectivity index (χ0n) is 15.6. The molecule has 0 spiro atoms. The maximum absolute atomic E-state index is 11.5. The summed E-state index contributed by atoms with van der Waals surface area (Å²) in [6.45, 7) is 4.94. The molecular formula is C16H31IN6O3. The SMILES string of the molecule is CN=C(NCCN1C(=O)CNC1=O)NC1CCN(CCCOC)CC1.I. The minimum atomic E-state index is -0.324. The van der Waals surface area contributed by atoms with Gasteiger partial charge in [-0.1, -0.05) is 0 Å². The number of aliphatic imine (C=N–C) groups is 1. The number of hydrogen-bond donors (Lipinski definition) is 3. The molecule has 0 atom stereocenters. The van der Waals surface area contributed by atoms with Crippen molar-refractivity contribution in [3.63, 3.8) is 0 Å². The Morgan fingerprint density at radius 1 is 1.31 bits per heavy atom.